The molecule has 11 nitrogen and oxygen atoms in total. The van der Waals surface area contributed by atoms with Gasteiger partial charge in [-0.25, -0.2) is 18.2 Å². The molecule has 0 saturated heterocycles. The molecule has 1 amide bonds. The molecular weight excluding hydrogens is 490 g/mol. The Balaban J connectivity index is 1.62. The molecule has 170 valence electrons. The highest BCUT2D eigenvalue weighted by Gasteiger charge is 2.22. The second-order valence-electron chi connectivity index (χ2n) is 6.76. The number of halogens is 1. The topological polar surface area (TPSA) is 173 Å². The lowest BCUT2D eigenvalue weighted by molar-refractivity contribution is 0.0995. The van der Waals surface area contributed by atoms with E-state index in [1.807, 2.05) is 30.3 Å². The molecule has 0 unspecified atom stereocenters. The normalized spacial score (nSPS) is 11.6. The number of hydrogen-bond donors (Lipinski definition) is 2. The van der Waals surface area contributed by atoms with Crippen LogP contribution in [0.3, 0.4) is 0 Å². The molecule has 2 aromatic heterocycles. The highest BCUT2D eigenvalue weighted by molar-refractivity contribution is 7.99. The molecule has 0 spiro atoms. The number of amides is 1. The highest BCUT2D eigenvalue weighted by Crippen LogP contribution is 2.37. The summed E-state index contributed by atoms with van der Waals surface area (Å²) in [6, 6.07) is 12.4. The van der Waals surface area contributed by atoms with Crippen LogP contribution in [-0.4, -0.2) is 39.5 Å². The van der Waals surface area contributed by atoms with Gasteiger partial charge in [0.2, 0.25) is 21.8 Å². The van der Waals surface area contributed by atoms with Gasteiger partial charge in [-0.3, -0.25) is 4.79 Å². The Morgan fingerprint density at radius 2 is 1.91 bits per heavy atom. The number of nitrogens with two attached hydrogens (primary N) is 2. The van der Waals surface area contributed by atoms with E-state index in [1.165, 1.54) is 34.8 Å². The number of primary sulfonamides is 1. The molecule has 0 aliphatic rings. The fraction of sp³-hybridized carbons (Fsp3) is 0.105. The number of rotatable bonds is 8. The molecule has 33 heavy (non-hydrogen) atoms. The zero-order chi connectivity index (χ0) is 23.6. The molecule has 0 radical (unpaired) electrons. The van der Waals surface area contributed by atoms with Gasteiger partial charge in [0, 0.05) is 10.6 Å². The number of carbonyl (C=O) groups excluding carboxylic acids is 1. The van der Waals surface area contributed by atoms with Crippen molar-refractivity contribution in [2.24, 2.45) is 10.9 Å². The summed E-state index contributed by atoms with van der Waals surface area (Å²) in [5.41, 5.74) is 6.36. The number of benzene rings is 2. The number of sulfonamides is 1. The van der Waals surface area contributed by atoms with Gasteiger partial charge in [-0.1, -0.05) is 47.1 Å². The summed E-state index contributed by atoms with van der Waals surface area (Å²) in [5.74, 6) is -0.0778. The Morgan fingerprint density at radius 1 is 1.15 bits per heavy atom. The van der Waals surface area contributed by atoms with Gasteiger partial charge in [0.15, 0.2) is 5.69 Å². The lowest BCUT2D eigenvalue weighted by atomic mass is 10.2. The molecule has 0 atom stereocenters. The van der Waals surface area contributed by atoms with Gasteiger partial charge in [0.05, 0.1) is 21.7 Å². The first kappa shape index (κ1) is 22.9. The highest BCUT2D eigenvalue weighted by atomic mass is 35.5. The van der Waals surface area contributed by atoms with E-state index < -0.39 is 15.9 Å². The Kier molecular flexibility index (Phi) is 6.47. The van der Waals surface area contributed by atoms with Crippen molar-refractivity contribution in [1.29, 1.82) is 0 Å². The minimum absolute atomic E-state index is 0.00486. The van der Waals surface area contributed by atoms with Gasteiger partial charge in [-0.05, 0) is 17.7 Å². The third kappa shape index (κ3) is 5.39. The summed E-state index contributed by atoms with van der Waals surface area (Å²) in [6.07, 6.45) is 1.33. The molecule has 4 rings (SSSR count). The van der Waals surface area contributed by atoms with Gasteiger partial charge < -0.3 is 10.2 Å². The standard InChI is InChI=1S/C19H16ClN7O4S2/c20-13-7-15(32-10-11-4-2-1-3-5-11)16(33(22,29)30)6-12(13)19-25-24-17(31-19)9-27-8-14(18(21)28)23-26-27/h1-8H,9-10H2,(H2,21,28)(H2,22,29,30). The third-order valence-corrected chi connectivity index (χ3v) is 6.88. The van der Waals surface area contributed by atoms with E-state index in [9.17, 15) is 13.2 Å². The van der Waals surface area contributed by atoms with Crippen LogP contribution in [0.15, 0.2) is 62.9 Å². The van der Waals surface area contributed by atoms with Crippen molar-refractivity contribution < 1.29 is 17.6 Å². The average Bonchev–Trinajstić information content (AvgIpc) is 3.42. The summed E-state index contributed by atoms with van der Waals surface area (Å²) in [6.45, 7) is 0.0119. The van der Waals surface area contributed by atoms with Crippen LogP contribution in [0.1, 0.15) is 21.9 Å². The van der Waals surface area contributed by atoms with Gasteiger partial charge in [0.1, 0.15) is 6.54 Å². The molecule has 0 saturated carbocycles. The van der Waals surface area contributed by atoms with Crippen LogP contribution in [0.25, 0.3) is 11.5 Å². The Morgan fingerprint density at radius 3 is 2.58 bits per heavy atom. The maximum atomic E-state index is 12.3. The van der Waals surface area contributed by atoms with Crippen molar-refractivity contribution in [2.45, 2.75) is 22.1 Å². The number of primary amides is 1. The molecular formula is C19H16ClN7O4S2. The molecule has 2 aromatic carbocycles. The minimum Gasteiger partial charge on any atom is -0.419 e. The molecule has 14 heteroatoms. The first-order chi connectivity index (χ1) is 15.7. The van der Waals surface area contributed by atoms with E-state index in [1.54, 1.807) is 0 Å². The summed E-state index contributed by atoms with van der Waals surface area (Å²) in [4.78, 5) is 11.4. The van der Waals surface area contributed by atoms with Crippen LogP contribution in [0.4, 0.5) is 0 Å². The number of thioether (sulfide) groups is 1. The quantitative estimate of drug-likeness (QED) is 0.340. The van der Waals surface area contributed by atoms with Crippen LogP contribution in [-0.2, 0) is 22.3 Å². The SMILES string of the molecule is NC(=O)c1cn(Cc2nnc(-c3cc(S(N)(=O)=O)c(SCc4ccccc4)cc3Cl)o2)nn1. The Bertz CT molecular complexity index is 1420. The largest absolute Gasteiger partial charge is 0.419 e. The number of aromatic nitrogens is 5. The molecule has 0 aliphatic carbocycles. The summed E-state index contributed by atoms with van der Waals surface area (Å²) >= 11 is 7.71. The van der Waals surface area contributed by atoms with E-state index in [2.05, 4.69) is 20.5 Å². The van der Waals surface area contributed by atoms with Crippen molar-refractivity contribution in [3.8, 4) is 11.5 Å². The van der Waals surface area contributed by atoms with E-state index in [-0.39, 0.29) is 39.5 Å². The molecule has 0 bridgehead atoms. The fourth-order valence-electron chi connectivity index (χ4n) is 2.82. The Labute approximate surface area is 197 Å². The van der Waals surface area contributed by atoms with Crippen LogP contribution in [0.2, 0.25) is 5.02 Å². The van der Waals surface area contributed by atoms with Crippen molar-refractivity contribution >= 4 is 39.3 Å². The first-order valence-electron chi connectivity index (χ1n) is 9.26. The number of hydrogen-bond acceptors (Lipinski definition) is 9. The monoisotopic (exact) mass is 505 g/mol. The fourth-order valence-corrected chi connectivity index (χ4v) is 5.20. The molecule has 0 fully saturated rings. The van der Waals surface area contributed by atoms with Crippen LogP contribution in [0, 0.1) is 0 Å². The van der Waals surface area contributed by atoms with E-state index in [4.69, 9.17) is 26.9 Å². The lowest BCUT2D eigenvalue weighted by Crippen LogP contribution is -2.13. The summed E-state index contributed by atoms with van der Waals surface area (Å²) in [5, 5.41) is 20.9. The van der Waals surface area contributed by atoms with Crippen LogP contribution in [0.5, 0.6) is 0 Å². The molecule has 0 aliphatic heterocycles. The predicted molar refractivity (Wildman–Crippen MR) is 120 cm³/mol. The van der Waals surface area contributed by atoms with E-state index >= 15 is 0 Å². The van der Waals surface area contributed by atoms with Crippen LogP contribution >= 0.6 is 23.4 Å². The smallest absolute Gasteiger partial charge is 0.270 e. The zero-order valence-electron chi connectivity index (χ0n) is 16.8. The zero-order valence-corrected chi connectivity index (χ0v) is 19.1. The summed E-state index contributed by atoms with van der Waals surface area (Å²) in [7, 11) is -4.07. The van der Waals surface area contributed by atoms with E-state index in [0.29, 0.717) is 10.6 Å². The van der Waals surface area contributed by atoms with Gasteiger partial charge >= 0.3 is 0 Å². The van der Waals surface area contributed by atoms with Crippen molar-refractivity contribution in [1.82, 2.24) is 25.2 Å². The van der Waals surface area contributed by atoms with Gasteiger partial charge in [-0.2, -0.15) is 0 Å². The maximum absolute atomic E-state index is 12.3. The first-order valence-corrected chi connectivity index (χ1v) is 12.2. The summed E-state index contributed by atoms with van der Waals surface area (Å²) < 4.78 is 31.4. The lowest BCUT2D eigenvalue weighted by Gasteiger charge is -2.10. The van der Waals surface area contributed by atoms with Gasteiger partial charge in [0.25, 0.3) is 5.91 Å². The van der Waals surface area contributed by atoms with Crippen molar-refractivity contribution in [2.75, 3.05) is 0 Å². The van der Waals surface area contributed by atoms with Crippen LogP contribution < -0.4 is 10.9 Å². The number of nitrogens with zero attached hydrogens (tertiary/aromatic N) is 5. The second kappa shape index (κ2) is 9.31. The average molecular weight is 506 g/mol. The van der Waals surface area contributed by atoms with Crippen molar-refractivity contribution in [3.63, 3.8) is 0 Å². The number of carbonyl (C=O) groups is 1. The molecule has 4 N–H and O–H groups in total. The second-order valence-corrected chi connectivity index (χ2v) is 9.72. The van der Waals surface area contributed by atoms with E-state index in [0.717, 1.165) is 5.56 Å². The molecule has 2 heterocycles. The third-order valence-electron chi connectivity index (χ3n) is 4.36. The molecule has 4 aromatic rings. The minimum atomic E-state index is -4.07. The van der Waals surface area contributed by atoms with Crippen molar-refractivity contribution in [3.05, 3.63) is 70.8 Å². The van der Waals surface area contributed by atoms with Gasteiger partial charge in [-0.15, -0.1) is 27.1 Å². The maximum Gasteiger partial charge on any atom is 0.270 e. The predicted octanol–water partition coefficient (Wildman–Crippen LogP) is 2.07. The Hall–Kier alpha value is -3.26.